The van der Waals surface area contributed by atoms with Crippen molar-refractivity contribution in [1.29, 1.82) is 0 Å². The van der Waals surface area contributed by atoms with Gasteiger partial charge in [0, 0.05) is 57.2 Å². The molecule has 0 saturated carbocycles. The zero-order valence-electron chi connectivity index (χ0n) is 11.9. The van der Waals surface area contributed by atoms with Gasteiger partial charge in [-0.3, -0.25) is 4.90 Å². The van der Waals surface area contributed by atoms with Crippen molar-refractivity contribution in [3.8, 4) is 0 Å². The molecule has 1 aromatic heterocycles. The Balaban J connectivity index is 1.85. The summed E-state index contributed by atoms with van der Waals surface area (Å²) in [4.78, 5) is 4.97. The maximum atomic E-state index is 3.31. The van der Waals surface area contributed by atoms with Gasteiger partial charge in [-0.25, -0.2) is 0 Å². The lowest BCUT2D eigenvalue weighted by Crippen LogP contribution is -2.45. The predicted octanol–water partition coefficient (Wildman–Crippen LogP) is 1.02. The van der Waals surface area contributed by atoms with Crippen molar-refractivity contribution in [3.63, 3.8) is 0 Å². The lowest BCUT2D eigenvalue weighted by atomic mass is 10.2. The molecule has 2 heterocycles. The standard InChI is InChI=1S/C14H26N4/c1-13(15-2)14-5-4-6-18(14)12-11-17-9-7-16(3)8-10-17/h4-6,13,15H,7-12H2,1-3H3. The van der Waals surface area contributed by atoms with Gasteiger partial charge in [0.15, 0.2) is 0 Å². The molecule has 1 fully saturated rings. The van der Waals surface area contributed by atoms with E-state index in [0.717, 1.165) is 13.1 Å². The Kier molecular flexibility index (Phi) is 4.80. The lowest BCUT2D eigenvalue weighted by Gasteiger charge is -2.32. The highest BCUT2D eigenvalue weighted by Crippen LogP contribution is 2.13. The van der Waals surface area contributed by atoms with Gasteiger partial charge in [0.05, 0.1) is 0 Å². The Bertz CT molecular complexity index is 352. The zero-order chi connectivity index (χ0) is 13.0. The average molecular weight is 250 g/mol. The number of likely N-dealkylation sites (N-methyl/N-ethyl adjacent to an activating group) is 1. The Morgan fingerprint density at radius 3 is 2.61 bits per heavy atom. The fourth-order valence-electron chi connectivity index (χ4n) is 2.49. The molecular weight excluding hydrogens is 224 g/mol. The van der Waals surface area contributed by atoms with Crippen LogP contribution in [0.3, 0.4) is 0 Å². The molecule has 1 aromatic rings. The van der Waals surface area contributed by atoms with Gasteiger partial charge < -0.3 is 14.8 Å². The average Bonchev–Trinajstić information content (AvgIpc) is 2.85. The van der Waals surface area contributed by atoms with Crippen LogP contribution in [-0.4, -0.2) is 61.2 Å². The quantitative estimate of drug-likeness (QED) is 0.844. The summed E-state index contributed by atoms with van der Waals surface area (Å²) < 4.78 is 2.37. The summed E-state index contributed by atoms with van der Waals surface area (Å²) >= 11 is 0. The molecule has 18 heavy (non-hydrogen) atoms. The number of rotatable bonds is 5. The predicted molar refractivity (Wildman–Crippen MR) is 75.8 cm³/mol. The lowest BCUT2D eigenvalue weighted by molar-refractivity contribution is 0.149. The van der Waals surface area contributed by atoms with Gasteiger partial charge in [0.25, 0.3) is 0 Å². The van der Waals surface area contributed by atoms with Crippen LogP contribution in [0.2, 0.25) is 0 Å². The molecule has 1 saturated heterocycles. The molecule has 1 aliphatic rings. The second-order valence-corrected chi connectivity index (χ2v) is 5.28. The number of nitrogens with one attached hydrogen (secondary N) is 1. The van der Waals surface area contributed by atoms with E-state index in [-0.39, 0.29) is 0 Å². The highest BCUT2D eigenvalue weighted by atomic mass is 15.3. The maximum Gasteiger partial charge on any atom is 0.0443 e. The molecule has 102 valence electrons. The van der Waals surface area contributed by atoms with Crippen LogP contribution in [0.5, 0.6) is 0 Å². The fraction of sp³-hybridized carbons (Fsp3) is 0.714. The molecule has 0 aliphatic carbocycles. The van der Waals surface area contributed by atoms with Gasteiger partial charge >= 0.3 is 0 Å². The SMILES string of the molecule is CNC(C)c1cccn1CCN1CCN(C)CC1. The minimum Gasteiger partial charge on any atom is -0.349 e. The molecule has 2 rings (SSSR count). The Morgan fingerprint density at radius 2 is 1.94 bits per heavy atom. The van der Waals surface area contributed by atoms with E-state index in [2.05, 4.69) is 52.0 Å². The van der Waals surface area contributed by atoms with Gasteiger partial charge in [0.1, 0.15) is 0 Å². The van der Waals surface area contributed by atoms with Crippen LogP contribution in [0.4, 0.5) is 0 Å². The molecule has 1 aliphatic heterocycles. The van der Waals surface area contributed by atoms with Crippen LogP contribution in [0, 0.1) is 0 Å². The first-order chi connectivity index (χ1) is 8.70. The third-order valence-electron chi connectivity index (χ3n) is 3.99. The van der Waals surface area contributed by atoms with E-state index in [1.54, 1.807) is 0 Å². The molecule has 1 N–H and O–H groups in total. The Morgan fingerprint density at radius 1 is 1.22 bits per heavy atom. The van der Waals surface area contributed by atoms with E-state index in [0.29, 0.717) is 6.04 Å². The zero-order valence-corrected chi connectivity index (χ0v) is 11.9. The van der Waals surface area contributed by atoms with Crippen molar-refractivity contribution in [2.75, 3.05) is 46.8 Å². The fourth-order valence-corrected chi connectivity index (χ4v) is 2.49. The first-order valence-corrected chi connectivity index (χ1v) is 6.94. The maximum absolute atomic E-state index is 3.31. The van der Waals surface area contributed by atoms with E-state index in [4.69, 9.17) is 0 Å². The summed E-state index contributed by atoms with van der Waals surface area (Å²) in [5.74, 6) is 0. The van der Waals surface area contributed by atoms with Crippen molar-refractivity contribution in [1.82, 2.24) is 19.7 Å². The summed E-state index contributed by atoms with van der Waals surface area (Å²) in [5, 5.41) is 3.31. The van der Waals surface area contributed by atoms with Crippen LogP contribution < -0.4 is 5.32 Å². The molecule has 1 unspecified atom stereocenters. The normalized spacial score (nSPS) is 20.2. The Labute approximate surface area is 111 Å². The van der Waals surface area contributed by atoms with Crippen molar-refractivity contribution in [2.45, 2.75) is 19.5 Å². The van der Waals surface area contributed by atoms with E-state index >= 15 is 0 Å². The molecule has 0 bridgehead atoms. The number of piperazine rings is 1. The van der Waals surface area contributed by atoms with Crippen molar-refractivity contribution < 1.29 is 0 Å². The molecule has 4 nitrogen and oxygen atoms in total. The highest BCUT2D eigenvalue weighted by molar-refractivity contribution is 5.11. The summed E-state index contributed by atoms with van der Waals surface area (Å²) in [6.07, 6.45) is 2.19. The Hall–Kier alpha value is -0.840. The summed E-state index contributed by atoms with van der Waals surface area (Å²) in [5.41, 5.74) is 1.38. The van der Waals surface area contributed by atoms with E-state index in [9.17, 15) is 0 Å². The molecule has 4 heteroatoms. The third kappa shape index (κ3) is 3.34. The van der Waals surface area contributed by atoms with Gasteiger partial charge in [-0.05, 0) is 33.2 Å². The largest absolute Gasteiger partial charge is 0.349 e. The second-order valence-electron chi connectivity index (χ2n) is 5.28. The molecule has 1 atom stereocenters. The minimum atomic E-state index is 0.424. The van der Waals surface area contributed by atoms with E-state index < -0.39 is 0 Å². The van der Waals surface area contributed by atoms with E-state index in [1.807, 2.05) is 7.05 Å². The monoisotopic (exact) mass is 250 g/mol. The highest BCUT2D eigenvalue weighted by Gasteiger charge is 2.14. The first kappa shape index (κ1) is 13.6. The third-order valence-corrected chi connectivity index (χ3v) is 3.99. The van der Waals surface area contributed by atoms with Gasteiger partial charge in [0.2, 0.25) is 0 Å². The van der Waals surface area contributed by atoms with Gasteiger partial charge in [-0.1, -0.05) is 0 Å². The number of hydrogen-bond donors (Lipinski definition) is 1. The molecule has 0 aromatic carbocycles. The van der Waals surface area contributed by atoms with Crippen LogP contribution >= 0.6 is 0 Å². The van der Waals surface area contributed by atoms with Crippen molar-refractivity contribution in [2.24, 2.45) is 0 Å². The summed E-state index contributed by atoms with van der Waals surface area (Å²) in [6, 6.07) is 4.78. The minimum absolute atomic E-state index is 0.424. The smallest absolute Gasteiger partial charge is 0.0443 e. The number of hydrogen-bond acceptors (Lipinski definition) is 3. The molecule has 0 spiro atoms. The summed E-state index contributed by atoms with van der Waals surface area (Å²) in [7, 11) is 4.22. The summed E-state index contributed by atoms with van der Waals surface area (Å²) in [6.45, 7) is 9.27. The van der Waals surface area contributed by atoms with Crippen LogP contribution in [0.15, 0.2) is 18.3 Å². The molecular formula is C14H26N4. The van der Waals surface area contributed by atoms with Gasteiger partial charge in [-0.2, -0.15) is 0 Å². The van der Waals surface area contributed by atoms with Crippen molar-refractivity contribution >= 4 is 0 Å². The van der Waals surface area contributed by atoms with E-state index in [1.165, 1.54) is 31.9 Å². The van der Waals surface area contributed by atoms with Crippen LogP contribution in [-0.2, 0) is 6.54 Å². The molecule has 0 radical (unpaired) electrons. The first-order valence-electron chi connectivity index (χ1n) is 6.94. The number of aromatic nitrogens is 1. The van der Waals surface area contributed by atoms with Gasteiger partial charge in [-0.15, -0.1) is 0 Å². The van der Waals surface area contributed by atoms with Crippen LogP contribution in [0.25, 0.3) is 0 Å². The van der Waals surface area contributed by atoms with Crippen LogP contribution in [0.1, 0.15) is 18.7 Å². The molecule has 0 amide bonds. The van der Waals surface area contributed by atoms with Crippen molar-refractivity contribution in [3.05, 3.63) is 24.0 Å². The number of nitrogens with zero attached hydrogens (tertiary/aromatic N) is 3. The topological polar surface area (TPSA) is 23.4 Å². The second kappa shape index (κ2) is 6.36.